The Balaban J connectivity index is 2.67. The van der Waals surface area contributed by atoms with Gasteiger partial charge in [0.05, 0.1) is 0 Å². The van der Waals surface area contributed by atoms with E-state index in [9.17, 15) is 15.0 Å². The van der Waals surface area contributed by atoms with E-state index >= 15 is 0 Å². The van der Waals surface area contributed by atoms with Crippen LogP contribution in [0.2, 0.25) is 0 Å². The molecule has 0 aromatic heterocycles. The van der Waals surface area contributed by atoms with Crippen LogP contribution in [0.3, 0.4) is 0 Å². The molecule has 0 aliphatic carbocycles. The molecule has 4 heteroatoms. The van der Waals surface area contributed by atoms with Gasteiger partial charge in [-0.2, -0.15) is 0 Å². The van der Waals surface area contributed by atoms with Crippen LogP contribution in [0.5, 0.6) is 11.5 Å². The molecule has 4 nitrogen and oxygen atoms in total. The first-order valence-electron chi connectivity index (χ1n) is 9.36. The maximum Gasteiger partial charge on any atom is 0.231 e. The van der Waals surface area contributed by atoms with E-state index in [1.807, 2.05) is 60.6 Å². The summed E-state index contributed by atoms with van der Waals surface area (Å²) >= 11 is 0. The predicted molar refractivity (Wildman–Crippen MR) is 111 cm³/mol. The minimum atomic E-state index is -0.257. The van der Waals surface area contributed by atoms with E-state index in [1.54, 1.807) is 29.2 Å². The van der Waals surface area contributed by atoms with Crippen molar-refractivity contribution >= 4 is 17.3 Å². The van der Waals surface area contributed by atoms with E-state index in [2.05, 4.69) is 0 Å². The van der Waals surface area contributed by atoms with Gasteiger partial charge in [-0.25, -0.2) is 0 Å². The summed E-state index contributed by atoms with van der Waals surface area (Å²) in [5.74, 6) is 0.388. The predicted octanol–water partition coefficient (Wildman–Crippen LogP) is 5.77. The Labute approximate surface area is 162 Å². The number of rotatable bonds is 3. The van der Waals surface area contributed by atoms with E-state index in [4.69, 9.17) is 0 Å². The highest BCUT2D eigenvalue weighted by Gasteiger charge is 2.25. The molecule has 0 bridgehead atoms. The van der Waals surface area contributed by atoms with Crippen molar-refractivity contribution in [2.45, 2.75) is 65.7 Å². The number of aromatic hydroxyl groups is 2. The SMILES string of the molecule is CCC(=O)N(c1ccc(O)c(C(C)(C)C)c1)c1ccc(O)c(C(C)(C)C)c1. The molecule has 0 saturated heterocycles. The van der Waals surface area contributed by atoms with Gasteiger partial charge in [-0.1, -0.05) is 48.5 Å². The topological polar surface area (TPSA) is 60.8 Å². The van der Waals surface area contributed by atoms with Gasteiger partial charge < -0.3 is 10.2 Å². The van der Waals surface area contributed by atoms with Crippen molar-refractivity contribution in [2.24, 2.45) is 0 Å². The molecular formula is C23H31NO3. The Bertz CT molecular complexity index is 778. The third-order valence-corrected chi connectivity index (χ3v) is 4.64. The van der Waals surface area contributed by atoms with Gasteiger partial charge in [-0.15, -0.1) is 0 Å². The van der Waals surface area contributed by atoms with Crippen molar-refractivity contribution in [1.29, 1.82) is 0 Å². The highest BCUT2D eigenvalue weighted by atomic mass is 16.3. The third-order valence-electron chi connectivity index (χ3n) is 4.64. The number of phenolic OH excluding ortho intramolecular Hbond substituents is 2. The summed E-state index contributed by atoms with van der Waals surface area (Å²) in [7, 11) is 0. The van der Waals surface area contributed by atoms with Crippen LogP contribution in [0, 0.1) is 0 Å². The fraction of sp³-hybridized carbons (Fsp3) is 0.435. The van der Waals surface area contributed by atoms with Crippen LogP contribution in [-0.4, -0.2) is 16.1 Å². The summed E-state index contributed by atoms with van der Waals surface area (Å²) in [5, 5.41) is 20.5. The van der Waals surface area contributed by atoms with Crippen molar-refractivity contribution in [3.05, 3.63) is 47.5 Å². The van der Waals surface area contributed by atoms with Gasteiger partial charge in [0.25, 0.3) is 0 Å². The number of carbonyl (C=O) groups is 1. The van der Waals surface area contributed by atoms with Crippen LogP contribution < -0.4 is 4.90 Å². The normalized spacial score (nSPS) is 12.1. The lowest BCUT2D eigenvalue weighted by molar-refractivity contribution is -0.117. The Morgan fingerprint density at radius 3 is 1.48 bits per heavy atom. The lowest BCUT2D eigenvalue weighted by Gasteiger charge is -2.28. The summed E-state index contributed by atoms with van der Waals surface area (Å²) < 4.78 is 0. The van der Waals surface area contributed by atoms with E-state index < -0.39 is 0 Å². The Morgan fingerprint density at radius 1 is 0.815 bits per heavy atom. The highest BCUT2D eigenvalue weighted by Crippen LogP contribution is 2.39. The summed E-state index contributed by atoms with van der Waals surface area (Å²) in [6, 6.07) is 10.5. The molecule has 0 atom stereocenters. The quantitative estimate of drug-likeness (QED) is 0.722. The van der Waals surface area contributed by atoms with E-state index in [0.29, 0.717) is 17.8 Å². The lowest BCUT2D eigenvalue weighted by Crippen LogP contribution is -2.26. The molecule has 1 amide bonds. The molecule has 0 aliphatic rings. The minimum absolute atomic E-state index is 0.0499. The summed E-state index contributed by atoms with van der Waals surface area (Å²) in [6.07, 6.45) is 0.345. The van der Waals surface area contributed by atoms with Crippen molar-refractivity contribution in [2.75, 3.05) is 4.90 Å². The second-order valence-corrected chi connectivity index (χ2v) is 8.99. The molecule has 0 spiro atoms. The molecule has 0 radical (unpaired) electrons. The van der Waals surface area contributed by atoms with Gasteiger partial charge in [-0.05, 0) is 47.2 Å². The summed E-state index contributed by atoms with van der Waals surface area (Å²) in [4.78, 5) is 14.5. The average molecular weight is 370 g/mol. The van der Waals surface area contributed by atoms with Crippen molar-refractivity contribution < 1.29 is 15.0 Å². The maximum absolute atomic E-state index is 12.8. The van der Waals surface area contributed by atoms with E-state index in [0.717, 1.165) is 11.1 Å². The largest absolute Gasteiger partial charge is 0.508 e. The molecule has 0 aliphatic heterocycles. The zero-order valence-electron chi connectivity index (χ0n) is 17.4. The standard InChI is InChI=1S/C23H31NO3/c1-8-21(27)24(15-9-11-19(25)17(13-15)22(2,3)4)16-10-12-20(26)18(14-16)23(5,6)7/h9-14,25-26H,8H2,1-7H3. The number of nitrogens with zero attached hydrogens (tertiary/aromatic N) is 1. The fourth-order valence-electron chi connectivity index (χ4n) is 3.12. The Morgan fingerprint density at radius 2 is 1.19 bits per heavy atom. The highest BCUT2D eigenvalue weighted by molar-refractivity contribution is 6.00. The maximum atomic E-state index is 12.8. The number of hydrogen-bond acceptors (Lipinski definition) is 3. The van der Waals surface area contributed by atoms with Gasteiger partial charge in [-0.3, -0.25) is 9.69 Å². The molecule has 146 valence electrons. The first kappa shape index (κ1) is 20.8. The van der Waals surface area contributed by atoms with E-state index in [1.165, 1.54) is 0 Å². The lowest BCUT2D eigenvalue weighted by atomic mass is 9.85. The molecule has 2 N–H and O–H groups in total. The monoisotopic (exact) mass is 369 g/mol. The number of anilines is 2. The Kier molecular flexibility index (Phi) is 5.60. The zero-order chi connectivity index (χ0) is 20.6. The van der Waals surface area contributed by atoms with Gasteiger partial charge in [0.1, 0.15) is 11.5 Å². The van der Waals surface area contributed by atoms with Gasteiger partial charge in [0, 0.05) is 28.9 Å². The van der Waals surface area contributed by atoms with Crippen LogP contribution in [0.1, 0.15) is 66.0 Å². The average Bonchev–Trinajstić information content (AvgIpc) is 2.55. The fourth-order valence-corrected chi connectivity index (χ4v) is 3.12. The molecule has 2 aromatic carbocycles. The van der Waals surface area contributed by atoms with Crippen molar-refractivity contribution in [3.8, 4) is 11.5 Å². The minimum Gasteiger partial charge on any atom is -0.508 e. The molecule has 2 aromatic rings. The number of phenols is 2. The third kappa shape index (κ3) is 4.44. The molecular weight excluding hydrogens is 338 g/mol. The van der Waals surface area contributed by atoms with Crippen LogP contribution >= 0.6 is 0 Å². The van der Waals surface area contributed by atoms with Crippen LogP contribution in [0.4, 0.5) is 11.4 Å². The molecule has 2 rings (SSSR count). The van der Waals surface area contributed by atoms with Crippen LogP contribution in [0.15, 0.2) is 36.4 Å². The summed E-state index contributed by atoms with van der Waals surface area (Å²) in [6.45, 7) is 14.0. The van der Waals surface area contributed by atoms with Gasteiger partial charge >= 0.3 is 0 Å². The van der Waals surface area contributed by atoms with Gasteiger partial charge in [0.2, 0.25) is 5.91 Å². The Hall–Kier alpha value is -2.49. The molecule has 0 saturated carbocycles. The summed E-state index contributed by atoms with van der Waals surface area (Å²) in [5.41, 5.74) is 2.46. The number of amides is 1. The first-order valence-corrected chi connectivity index (χ1v) is 9.36. The number of benzene rings is 2. The van der Waals surface area contributed by atoms with E-state index in [-0.39, 0.29) is 28.2 Å². The molecule has 27 heavy (non-hydrogen) atoms. The second-order valence-electron chi connectivity index (χ2n) is 8.99. The second kappa shape index (κ2) is 7.26. The van der Waals surface area contributed by atoms with Crippen molar-refractivity contribution in [3.63, 3.8) is 0 Å². The van der Waals surface area contributed by atoms with Gasteiger partial charge in [0.15, 0.2) is 0 Å². The number of hydrogen-bond donors (Lipinski definition) is 2. The first-order chi connectivity index (χ1) is 12.4. The molecule has 0 fully saturated rings. The zero-order valence-corrected chi connectivity index (χ0v) is 17.4. The molecule has 0 unspecified atom stereocenters. The van der Waals surface area contributed by atoms with Crippen molar-refractivity contribution in [1.82, 2.24) is 0 Å². The molecule has 0 heterocycles. The van der Waals surface area contributed by atoms with Crippen LogP contribution in [0.25, 0.3) is 0 Å². The smallest absolute Gasteiger partial charge is 0.231 e. The number of carbonyl (C=O) groups excluding carboxylic acids is 1. The van der Waals surface area contributed by atoms with Crippen LogP contribution in [-0.2, 0) is 15.6 Å².